The number of carbonyl (C=O) groups is 1. The average Bonchev–Trinajstić information content (AvgIpc) is 3.23. The number of hydrogen-bond donors (Lipinski definition) is 0. The molecule has 0 radical (unpaired) electrons. The van der Waals surface area contributed by atoms with Crippen LogP contribution in [0.2, 0.25) is 5.02 Å². The number of aromatic nitrogens is 2. The number of halogens is 1. The van der Waals surface area contributed by atoms with Gasteiger partial charge in [0.15, 0.2) is 6.61 Å². The fourth-order valence-corrected chi connectivity index (χ4v) is 3.69. The van der Waals surface area contributed by atoms with Crippen molar-refractivity contribution in [1.82, 2.24) is 10.2 Å². The van der Waals surface area contributed by atoms with E-state index in [1.807, 2.05) is 45.0 Å². The van der Waals surface area contributed by atoms with Crippen molar-refractivity contribution in [3.8, 4) is 11.8 Å². The van der Waals surface area contributed by atoms with Gasteiger partial charge in [-0.1, -0.05) is 35.5 Å². The maximum absolute atomic E-state index is 12.9. The van der Waals surface area contributed by atoms with Crippen molar-refractivity contribution in [1.29, 1.82) is 5.26 Å². The minimum absolute atomic E-state index is 0.0899. The molecule has 166 valence electrons. The first-order valence-corrected chi connectivity index (χ1v) is 11.3. The molecule has 0 unspecified atom stereocenters. The predicted molar refractivity (Wildman–Crippen MR) is 124 cm³/mol. The van der Waals surface area contributed by atoms with E-state index in [0.29, 0.717) is 16.6 Å². The third-order valence-corrected chi connectivity index (χ3v) is 5.89. The Morgan fingerprint density at radius 2 is 2.00 bits per heavy atom. The number of carbonyl (C=O) groups excluding carboxylic acids is 1. The molecule has 0 N–H and O–H groups in total. The summed E-state index contributed by atoms with van der Waals surface area (Å²) < 4.78 is 11.4. The summed E-state index contributed by atoms with van der Waals surface area (Å²) in [6.07, 6.45) is 0.221. The maximum Gasteiger partial charge on any atom is 0.277 e. The lowest BCUT2D eigenvalue weighted by Crippen LogP contribution is -2.33. The molecule has 7 nitrogen and oxygen atoms in total. The first kappa shape index (κ1) is 23.6. The Kier molecular flexibility index (Phi) is 8.14. The fourth-order valence-electron chi connectivity index (χ4n) is 2.91. The number of nitrogens with zero attached hydrogens (tertiary/aromatic N) is 4. The maximum atomic E-state index is 12.9. The lowest BCUT2D eigenvalue weighted by molar-refractivity contribution is -0.116. The van der Waals surface area contributed by atoms with Gasteiger partial charge in [0.1, 0.15) is 5.75 Å². The van der Waals surface area contributed by atoms with E-state index in [4.69, 9.17) is 26.0 Å². The van der Waals surface area contributed by atoms with E-state index < -0.39 is 0 Å². The first-order chi connectivity index (χ1) is 15.4. The summed E-state index contributed by atoms with van der Waals surface area (Å²) in [5.41, 5.74) is 3.67. The van der Waals surface area contributed by atoms with E-state index in [1.54, 1.807) is 17.0 Å². The van der Waals surface area contributed by atoms with Gasteiger partial charge in [-0.05, 0) is 61.7 Å². The fraction of sp³-hybridized carbons (Fsp3) is 0.304. The van der Waals surface area contributed by atoms with Crippen LogP contribution in [0.25, 0.3) is 0 Å². The molecular formula is C23H23ClN4O3S. The van der Waals surface area contributed by atoms with Crippen molar-refractivity contribution in [3.63, 3.8) is 0 Å². The summed E-state index contributed by atoms with van der Waals surface area (Å²) in [6, 6.07) is 13.4. The molecule has 0 fully saturated rings. The Morgan fingerprint density at radius 3 is 2.75 bits per heavy atom. The SMILES string of the molecule is Cc1ccc(C)c(OCc2nnc(SCC(=O)N(CCC#N)c3ccc(Cl)c(C)c3)o2)c1. The third kappa shape index (κ3) is 6.25. The highest BCUT2D eigenvalue weighted by Crippen LogP contribution is 2.25. The van der Waals surface area contributed by atoms with Gasteiger partial charge in [0.25, 0.3) is 11.1 Å². The van der Waals surface area contributed by atoms with Crippen molar-refractivity contribution in [2.45, 2.75) is 39.0 Å². The molecule has 9 heteroatoms. The standard InChI is InChI=1S/C23H23ClN4O3S/c1-15-5-6-16(2)20(11-15)30-13-21-26-27-23(31-21)32-14-22(29)28(10-4-9-25)18-7-8-19(24)17(3)12-18/h5-8,11-12H,4,10,13-14H2,1-3H3. The van der Waals surface area contributed by atoms with Gasteiger partial charge in [0.05, 0.1) is 18.2 Å². The van der Waals surface area contributed by atoms with Gasteiger partial charge in [0, 0.05) is 17.3 Å². The van der Waals surface area contributed by atoms with E-state index in [0.717, 1.165) is 34.2 Å². The van der Waals surface area contributed by atoms with Gasteiger partial charge in [-0.25, -0.2) is 0 Å². The smallest absolute Gasteiger partial charge is 0.277 e. The van der Waals surface area contributed by atoms with Crippen LogP contribution in [0.3, 0.4) is 0 Å². The molecule has 1 aromatic heterocycles. The van der Waals surface area contributed by atoms with Crippen molar-refractivity contribution < 1.29 is 13.9 Å². The van der Waals surface area contributed by atoms with Gasteiger partial charge < -0.3 is 14.1 Å². The van der Waals surface area contributed by atoms with Crippen molar-refractivity contribution in [2.24, 2.45) is 0 Å². The molecule has 0 bridgehead atoms. The summed E-state index contributed by atoms with van der Waals surface area (Å²) in [4.78, 5) is 14.4. The Labute approximate surface area is 196 Å². The molecule has 32 heavy (non-hydrogen) atoms. The lowest BCUT2D eigenvalue weighted by atomic mass is 10.1. The molecule has 0 aliphatic rings. The Hall–Kier alpha value is -3.02. The van der Waals surface area contributed by atoms with Gasteiger partial charge >= 0.3 is 0 Å². The molecule has 3 rings (SSSR count). The van der Waals surface area contributed by atoms with Crippen LogP contribution in [0.4, 0.5) is 5.69 Å². The number of hydrogen-bond acceptors (Lipinski definition) is 7. The molecular weight excluding hydrogens is 448 g/mol. The highest BCUT2D eigenvalue weighted by molar-refractivity contribution is 7.99. The summed E-state index contributed by atoms with van der Waals surface area (Å²) in [6.45, 7) is 6.26. The highest BCUT2D eigenvalue weighted by Gasteiger charge is 2.18. The van der Waals surface area contributed by atoms with Crippen LogP contribution in [-0.2, 0) is 11.4 Å². The molecule has 0 aliphatic heterocycles. The normalized spacial score (nSPS) is 10.6. The molecule has 1 amide bonds. The van der Waals surface area contributed by atoms with Crippen LogP contribution in [0.5, 0.6) is 5.75 Å². The highest BCUT2D eigenvalue weighted by atomic mass is 35.5. The molecule has 0 saturated carbocycles. The van der Waals surface area contributed by atoms with Crippen LogP contribution in [-0.4, -0.2) is 28.4 Å². The van der Waals surface area contributed by atoms with E-state index in [2.05, 4.69) is 16.3 Å². The lowest BCUT2D eigenvalue weighted by Gasteiger charge is -2.22. The second-order valence-electron chi connectivity index (χ2n) is 7.19. The first-order valence-electron chi connectivity index (χ1n) is 9.96. The average molecular weight is 471 g/mol. The number of amides is 1. The number of ether oxygens (including phenoxy) is 1. The Balaban J connectivity index is 1.60. The monoisotopic (exact) mass is 470 g/mol. The molecule has 1 heterocycles. The zero-order valence-corrected chi connectivity index (χ0v) is 19.7. The number of thioether (sulfide) groups is 1. The van der Waals surface area contributed by atoms with E-state index in [1.165, 1.54) is 0 Å². The summed E-state index contributed by atoms with van der Waals surface area (Å²) in [5, 5.41) is 17.8. The van der Waals surface area contributed by atoms with Gasteiger partial charge in [0.2, 0.25) is 5.91 Å². The number of aryl methyl sites for hydroxylation is 3. The van der Waals surface area contributed by atoms with Crippen LogP contribution >= 0.6 is 23.4 Å². The summed E-state index contributed by atoms with van der Waals surface area (Å²) >= 11 is 7.24. The van der Waals surface area contributed by atoms with E-state index in [9.17, 15) is 4.79 Å². The van der Waals surface area contributed by atoms with Gasteiger partial charge in [-0.3, -0.25) is 4.79 Å². The second-order valence-corrected chi connectivity index (χ2v) is 8.53. The molecule has 0 aliphatic carbocycles. The number of anilines is 1. The Morgan fingerprint density at radius 1 is 1.19 bits per heavy atom. The van der Waals surface area contributed by atoms with Gasteiger partial charge in [-0.15, -0.1) is 10.2 Å². The third-order valence-electron chi connectivity index (χ3n) is 4.66. The van der Waals surface area contributed by atoms with Crippen molar-refractivity contribution >= 4 is 35.0 Å². The van der Waals surface area contributed by atoms with Crippen LogP contribution in [0, 0.1) is 32.1 Å². The van der Waals surface area contributed by atoms with Crippen molar-refractivity contribution in [3.05, 3.63) is 64.0 Å². The van der Waals surface area contributed by atoms with Gasteiger partial charge in [-0.2, -0.15) is 5.26 Å². The number of benzene rings is 2. The predicted octanol–water partition coefficient (Wildman–Crippen LogP) is 5.27. The van der Waals surface area contributed by atoms with Crippen LogP contribution in [0.1, 0.15) is 29.0 Å². The molecule has 3 aromatic rings. The van der Waals surface area contributed by atoms with E-state index >= 15 is 0 Å². The second kappa shape index (κ2) is 11.0. The minimum atomic E-state index is -0.168. The largest absolute Gasteiger partial charge is 0.484 e. The molecule has 0 spiro atoms. The van der Waals surface area contributed by atoms with Crippen molar-refractivity contribution in [2.75, 3.05) is 17.2 Å². The summed E-state index contributed by atoms with van der Waals surface area (Å²) in [7, 11) is 0. The topological polar surface area (TPSA) is 92.3 Å². The van der Waals surface area contributed by atoms with E-state index in [-0.39, 0.29) is 36.5 Å². The quantitative estimate of drug-likeness (QED) is 0.393. The molecule has 2 aromatic carbocycles. The summed E-state index contributed by atoms with van der Waals surface area (Å²) in [5.74, 6) is 1.01. The minimum Gasteiger partial charge on any atom is -0.484 e. The molecule has 0 saturated heterocycles. The number of rotatable bonds is 9. The Bertz CT molecular complexity index is 1140. The van der Waals surface area contributed by atoms with Crippen LogP contribution < -0.4 is 9.64 Å². The number of nitriles is 1. The van der Waals surface area contributed by atoms with Crippen LogP contribution in [0.15, 0.2) is 46.0 Å². The zero-order valence-electron chi connectivity index (χ0n) is 18.1. The molecule has 0 atom stereocenters. The zero-order chi connectivity index (χ0) is 23.1.